The molecule has 0 saturated carbocycles. The maximum atomic E-state index is 12.5. The number of aliphatic carboxylic acids is 1. The third kappa shape index (κ3) is 4.03. The molecule has 0 aromatic rings. The monoisotopic (exact) mass is 426 g/mol. The normalized spacial score (nSPS) is 33.2. The number of nitrogens with zero attached hydrogens (tertiary/aromatic N) is 3. The fraction of sp³-hybridized carbons (Fsp3) is 0.737. The molecule has 9 nitrogen and oxygen atoms in total. The van der Waals surface area contributed by atoms with Gasteiger partial charge in [-0.05, 0) is 27.4 Å². The van der Waals surface area contributed by atoms with Crippen LogP contribution in [0.5, 0.6) is 0 Å². The van der Waals surface area contributed by atoms with Crippen LogP contribution in [0.15, 0.2) is 15.8 Å². The van der Waals surface area contributed by atoms with E-state index >= 15 is 0 Å². The predicted molar refractivity (Wildman–Crippen MR) is 110 cm³/mol. The molecule has 1 amide bonds. The second kappa shape index (κ2) is 8.63. The first kappa shape index (κ1) is 22.1. The van der Waals surface area contributed by atoms with Crippen molar-refractivity contribution in [3.63, 3.8) is 0 Å². The van der Waals surface area contributed by atoms with Crippen LogP contribution in [-0.2, 0) is 14.4 Å². The molecule has 2 fully saturated rings. The summed E-state index contributed by atoms with van der Waals surface area (Å²) in [5.74, 6) is -2.03. The minimum Gasteiger partial charge on any atom is -0.477 e. The van der Waals surface area contributed by atoms with Gasteiger partial charge in [0.15, 0.2) is 0 Å². The SMILES string of the molecule is CO/N=C(\CN(C)C)C1C[C@H](SC2=C(C(=O)O)N3C(=O)C([C@@H](C)O)C3[C@H]2C)CN1. The molecule has 0 radical (unpaired) electrons. The second-order valence-electron chi connectivity index (χ2n) is 8.21. The molecule has 3 rings (SSSR count). The van der Waals surface area contributed by atoms with Gasteiger partial charge in [0.2, 0.25) is 5.91 Å². The van der Waals surface area contributed by atoms with Gasteiger partial charge < -0.3 is 30.2 Å². The van der Waals surface area contributed by atoms with Gasteiger partial charge in [0.05, 0.1) is 29.8 Å². The highest BCUT2D eigenvalue weighted by Gasteiger charge is 2.60. The van der Waals surface area contributed by atoms with Gasteiger partial charge >= 0.3 is 5.97 Å². The van der Waals surface area contributed by atoms with E-state index in [1.165, 1.54) is 23.8 Å². The molecule has 162 valence electrons. The van der Waals surface area contributed by atoms with Crippen LogP contribution in [0.1, 0.15) is 20.3 Å². The molecular formula is C19H30N4O5S. The smallest absolute Gasteiger partial charge is 0.353 e. The molecule has 29 heavy (non-hydrogen) atoms. The minimum atomic E-state index is -1.09. The highest BCUT2D eigenvalue weighted by molar-refractivity contribution is 8.03. The van der Waals surface area contributed by atoms with E-state index in [9.17, 15) is 19.8 Å². The summed E-state index contributed by atoms with van der Waals surface area (Å²) in [5, 5.41) is 27.5. The van der Waals surface area contributed by atoms with Gasteiger partial charge in [-0.25, -0.2) is 4.79 Å². The number of nitrogens with one attached hydrogen (secondary N) is 1. The number of carbonyl (C=O) groups excluding carboxylic acids is 1. The Kier molecular flexibility index (Phi) is 6.57. The molecule has 3 heterocycles. The van der Waals surface area contributed by atoms with Gasteiger partial charge in [0.25, 0.3) is 0 Å². The molecule has 6 atom stereocenters. The van der Waals surface area contributed by atoms with Gasteiger partial charge in [0, 0.05) is 29.2 Å². The summed E-state index contributed by atoms with van der Waals surface area (Å²) >= 11 is 1.53. The lowest BCUT2D eigenvalue weighted by Gasteiger charge is -2.46. The third-order valence-corrected chi connectivity index (χ3v) is 7.30. The van der Waals surface area contributed by atoms with Gasteiger partial charge in [-0.2, -0.15) is 0 Å². The maximum absolute atomic E-state index is 12.5. The Hall–Kier alpha value is -1.62. The number of β-lactam (4-membered cyclic amide) rings is 1. The molecule has 3 unspecified atom stereocenters. The molecule has 10 heteroatoms. The average molecular weight is 427 g/mol. The highest BCUT2D eigenvalue weighted by atomic mass is 32.2. The number of amides is 1. The number of carbonyl (C=O) groups is 2. The molecule has 0 aromatic heterocycles. The number of fused-ring (bicyclic) bond motifs is 1. The number of aliphatic hydroxyl groups is 1. The largest absolute Gasteiger partial charge is 0.477 e. The van der Waals surface area contributed by atoms with Gasteiger partial charge in [-0.15, -0.1) is 11.8 Å². The van der Waals surface area contributed by atoms with Gasteiger partial charge in [-0.3, -0.25) is 4.79 Å². The van der Waals surface area contributed by atoms with E-state index in [-0.39, 0.29) is 34.9 Å². The van der Waals surface area contributed by atoms with Crippen LogP contribution in [0.4, 0.5) is 0 Å². The van der Waals surface area contributed by atoms with Crippen molar-refractivity contribution < 1.29 is 24.6 Å². The Balaban J connectivity index is 1.75. The van der Waals surface area contributed by atoms with E-state index in [1.54, 1.807) is 6.92 Å². The van der Waals surface area contributed by atoms with Crippen LogP contribution in [0.25, 0.3) is 0 Å². The average Bonchev–Trinajstić information content (AvgIpc) is 3.17. The number of oxime groups is 1. The predicted octanol–water partition coefficient (Wildman–Crippen LogP) is 0.168. The summed E-state index contributed by atoms with van der Waals surface area (Å²) in [6.45, 7) is 4.92. The molecule has 3 N–H and O–H groups in total. The number of rotatable bonds is 8. The summed E-state index contributed by atoms with van der Waals surface area (Å²) in [4.78, 5) is 33.5. The molecular weight excluding hydrogens is 396 g/mol. The van der Waals surface area contributed by atoms with Gasteiger partial charge in [0.1, 0.15) is 12.8 Å². The molecule has 0 aromatic carbocycles. The van der Waals surface area contributed by atoms with Crippen LogP contribution in [0.2, 0.25) is 0 Å². The fourth-order valence-corrected chi connectivity index (χ4v) is 6.03. The summed E-state index contributed by atoms with van der Waals surface area (Å²) in [6, 6.07) is -0.218. The molecule has 0 spiro atoms. The lowest BCUT2D eigenvalue weighted by Crippen LogP contribution is -2.63. The topological polar surface area (TPSA) is 115 Å². The Bertz CT molecular complexity index is 738. The summed E-state index contributed by atoms with van der Waals surface area (Å²) in [6.07, 6.45) is 0.00407. The van der Waals surface area contributed by atoms with Crippen LogP contribution in [0.3, 0.4) is 0 Å². The van der Waals surface area contributed by atoms with Crippen molar-refractivity contribution in [2.75, 3.05) is 34.3 Å². The van der Waals surface area contributed by atoms with Crippen molar-refractivity contribution in [2.45, 2.75) is 43.7 Å². The van der Waals surface area contributed by atoms with Crippen LogP contribution < -0.4 is 5.32 Å². The van der Waals surface area contributed by atoms with E-state index in [2.05, 4.69) is 10.5 Å². The van der Waals surface area contributed by atoms with E-state index in [1.807, 2.05) is 25.9 Å². The maximum Gasteiger partial charge on any atom is 0.353 e. The summed E-state index contributed by atoms with van der Waals surface area (Å²) in [7, 11) is 5.47. The van der Waals surface area contributed by atoms with Crippen LogP contribution in [-0.4, -0.2) is 95.3 Å². The van der Waals surface area contributed by atoms with Crippen LogP contribution >= 0.6 is 11.8 Å². The Morgan fingerprint density at radius 2 is 2.17 bits per heavy atom. The first-order valence-electron chi connectivity index (χ1n) is 9.80. The van der Waals surface area contributed by atoms with Crippen molar-refractivity contribution in [1.29, 1.82) is 0 Å². The third-order valence-electron chi connectivity index (χ3n) is 5.78. The van der Waals surface area contributed by atoms with Crippen molar-refractivity contribution in [2.24, 2.45) is 17.0 Å². The zero-order valence-corrected chi connectivity index (χ0v) is 18.3. The zero-order chi connectivity index (χ0) is 21.5. The van der Waals surface area contributed by atoms with Crippen molar-refractivity contribution >= 4 is 29.4 Å². The van der Waals surface area contributed by atoms with E-state index in [0.29, 0.717) is 13.1 Å². The highest BCUT2D eigenvalue weighted by Crippen LogP contribution is 2.51. The first-order chi connectivity index (χ1) is 13.7. The lowest BCUT2D eigenvalue weighted by atomic mass is 9.79. The molecule has 0 aliphatic carbocycles. The Morgan fingerprint density at radius 3 is 2.72 bits per heavy atom. The van der Waals surface area contributed by atoms with Gasteiger partial charge in [-0.1, -0.05) is 12.1 Å². The summed E-state index contributed by atoms with van der Waals surface area (Å²) in [5.41, 5.74) is 0.984. The Morgan fingerprint density at radius 1 is 1.48 bits per heavy atom. The molecule has 2 saturated heterocycles. The van der Waals surface area contributed by atoms with Crippen molar-refractivity contribution in [3.05, 3.63) is 10.6 Å². The van der Waals surface area contributed by atoms with E-state index in [4.69, 9.17) is 4.84 Å². The standard InChI is InChI=1S/C19H30N4O5S/c1-9-15-14(10(2)24)18(25)23(15)16(19(26)27)17(9)29-11-6-12(20-7-11)13(21-28-5)8-22(3)4/h9-12,14-15,20,24H,6-8H2,1-5H3,(H,26,27)/b21-13+/t9-,10-,11+,12?,14?,15?/m1/s1. The van der Waals surface area contributed by atoms with Crippen molar-refractivity contribution in [3.8, 4) is 0 Å². The number of thioether (sulfide) groups is 1. The number of hydrogen-bond acceptors (Lipinski definition) is 8. The number of carboxylic acid groups (broad SMARTS) is 1. The first-order valence-corrected chi connectivity index (χ1v) is 10.7. The minimum absolute atomic E-state index is 0.0595. The number of carboxylic acids is 1. The van der Waals surface area contributed by atoms with Crippen molar-refractivity contribution in [1.82, 2.24) is 15.1 Å². The quantitative estimate of drug-likeness (QED) is 0.286. The van der Waals surface area contributed by atoms with E-state index in [0.717, 1.165) is 17.0 Å². The number of hydrogen-bond donors (Lipinski definition) is 3. The molecule has 3 aliphatic rings. The summed E-state index contributed by atoms with van der Waals surface area (Å²) < 4.78 is 0. The second-order valence-corrected chi connectivity index (χ2v) is 9.55. The fourth-order valence-electron chi connectivity index (χ4n) is 4.55. The van der Waals surface area contributed by atoms with E-state index < -0.39 is 18.0 Å². The van der Waals surface area contributed by atoms with Crippen LogP contribution in [0, 0.1) is 11.8 Å². The molecule has 0 bridgehead atoms. The Labute approximate surface area is 175 Å². The lowest BCUT2D eigenvalue weighted by molar-refractivity contribution is -0.163. The molecule has 3 aliphatic heterocycles. The zero-order valence-electron chi connectivity index (χ0n) is 17.5. The number of aliphatic hydroxyl groups excluding tert-OH is 1.